The highest BCUT2D eigenvalue weighted by Crippen LogP contribution is 2.35. The molecule has 3 nitrogen and oxygen atoms in total. The van der Waals surface area contributed by atoms with Crippen molar-refractivity contribution >= 4 is 5.69 Å². The largest absolute Gasteiger partial charge is 0.416 e. The minimum absolute atomic E-state index is 0.0927. The summed E-state index contributed by atoms with van der Waals surface area (Å²) in [7, 11) is 0. The molecule has 2 N–H and O–H groups in total. The number of hydrogen-bond acceptors (Lipinski definition) is 3. The highest BCUT2D eigenvalue weighted by atomic mass is 19.4. The van der Waals surface area contributed by atoms with Gasteiger partial charge in [0, 0.05) is 44.5 Å². The number of halogens is 3. The summed E-state index contributed by atoms with van der Waals surface area (Å²) in [5.74, 6) is 0. The van der Waals surface area contributed by atoms with E-state index in [1.165, 1.54) is 25.0 Å². The third kappa shape index (κ3) is 3.16. The van der Waals surface area contributed by atoms with E-state index < -0.39 is 11.7 Å². The van der Waals surface area contributed by atoms with Gasteiger partial charge in [0.2, 0.25) is 0 Å². The Kier molecular flexibility index (Phi) is 3.84. The van der Waals surface area contributed by atoms with Gasteiger partial charge in [0.15, 0.2) is 0 Å². The molecule has 2 aliphatic rings. The maximum atomic E-state index is 13.1. The predicted molar refractivity (Wildman–Crippen MR) is 76.1 cm³/mol. The molecule has 0 bridgehead atoms. The van der Waals surface area contributed by atoms with Crippen molar-refractivity contribution in [3.8, 4) is 0 Å². The molecule has 3 rings (SSSR count). The Morgan fingerprint density at radius 1 is 1.10 bits per heavy atom. The van der Waals surface area contributed by atoms with E-state index in [9.17, 15) is 13.2 Å². The van der Waals surface area contributed by atoms with Crippen LogP contribution in [0.1, 0.15) is 24.0 Å². The van der Waals surface area contributed by atoms with Crippen molar-refractivity contribution in [3.63, 3.8) is 0 Å². The van der Waals surface area contributed by atoms with Gasteiger partial charge in [-0.3, -0.25) is 4.90 Å². The zero-order valence-electron chi connectivity index (χ0n) is 11.9. The highest BCUT2D eigenvalue weighted by Gasteiger charge is 2.34. The quantitative estimate of drug-likeness (QED) is 0.930. The van der Waals surface area contributed by atoms with Gasteiger partial charge in [-0.15, -0.1) is 0 Å². The molecule has 1 aromatic carbocycles. The summed E-state index contributed by atoms with van der Waals surface area (Å²) in [6.45, 7) is 3.35. The molecule has 2 fully saturated rings. The molecule has 116 valence electrons. The van der Waals surface area contributed by atoms with Crippen LogP contribution in [0.4, 0.5) is 18.9 Å². The van der Waals surface area contributed by atoms with Crippen LogP contribution in [-0.2, 0) is 12.7 Å². The summed E-state index contributed by atoms with van der Waals surface area (Å²) in [5, 5.41) is 0. The summed E-state index contributed by atoms with van der Waals surface area (Å²) in [5.41, 5.74) is 5.61. The molecule has 1 saturated carbocycles. The molecule has 1 saturated heterocycles. The molecule has 1 heterocycles. The Morgan fingerprint density at radius 2 is 1.76 bits per heavy atom. The van der Waals surface area contributed by atoms with E-state index in [0.717, 1.165) is 32.2 Å². The van der Waals surface area contributed by atoms with Crippen LogP contribution in [0.15, 0.2) is 18.2 Å². The zero-order chi connectivity index (χ0) is 15.0. The minimum atomic E-state index is -4.35. The second-order valence-corrected chi connectivity index (χ2v) is 5.80. The normalized spacial score (nSPS) is 20.9. The average Bonchev–Trinajstić information content (AvgIpc) is 3.30. The fourth-order valence-corrected chi connectivity index (χ4v) is 2.99. The van der Waals surface area contributed by atoms with Gasteiger partial charge in [-0.05, 0) is 30.5 Å². The monoisotopic (exact) mass is 299 g/mol. The molecule has 21 heavy (non-hydrogen) atoms. The van der Waals surface area contributed by atoms with Crippen LogP contribution in [0.25, 0.3) is 0 Å². The van der Waals surface area contributed by atoms with Gasteiger partial charge in [-0.2, -0.15) is 13.2 Å². The predicted octanol–water partition coefficient (Wildman–Crippen LogP) is 2.45. The fourth-order valence-electron chi connectivity index (χ4n) is 2.99. The molecule has 0 atom stereocenters. The first-order valence-electron chi connectivity index (χ1n) is 7.38. The van der Waals surface area contributed by atoms with E-state index in [1.807, 2.05) is 4.90 Å². The van der Waals surface area contributed by atoms with Crippen LogP contribution in [-0.4, -0.2) is 37.1 Å². The Hall–Kier alpha value is -1.27. The van der Waals surface area contributed by atoms with Crippen molar-refractivity contribution in [2.24, 2.45) is 5.73 Å². The smallest absolute Gasteiger partial charge is 0.369 e. The van der Waals surface area contributed by atoms with Gasteiger partial charge in [0.25, 0.3) is 0 Å². The first-order valence-corrected chi connectivity index (χ1v) is 7.38. The maximum absolute atomic E-state index is 13.1. The summed E-state index contributed by atoms with van der Waals surface area (Å²) in [6.07, 6.45) is -1.81. The van der Waals surface area contributed by atoms with E-state index in [2.05, 4.69) is 4.90 Å². The standard InChI is InChI=1S/C15H20F3N3/c16-15(17,18)14-9-13(2-1-11(14)10-19)21-7-5-20(6-8-21)12-3-4-12/h1-2,9,12H,3-8,10,19H2. The van der Waals surface area contributed by atoms with Gasteiger partial charge in [0.1, 0.15) is 0 Å². The molecular weight excluding hydrogens is 279 g/mol. The summed E-state index contributed by atoms with van der Waals surface area (Å²) >= 11 is 0. The number of nitrogens with two attached hydrogens (primary N) is 1. The molecule has 0 radical (unpaired) electrons. The summed E-state index contributed by atoms with van der Waals surface area (Å²) in [6, 6.07) is 5.22. The van der Waals surface area contributed by atoms with E-state index in [-0.39, 0.29) is 12.1 Å². The first-order chi connectivity index (χ1) is 9.99. The number of benzene rings is 1. The van der Waals surface area contributed by atoms with Gasteiger partial charge < -0.3 is 10.6 Å². The Balaban J connectivity index is 1.76. The van der Waals surface area contributed by atoms with Gasteiger partial charge in [0.05, 0.1) is 5.56 Å². The lowest BCUT2D eigenvalue weighted by Crippen LogP contribution is -2.47. The van der Waals surface area contributed by atoms with Crippen molar-refractivity contribution in [1.82, 2.24) is 4.90 Å². The van der Waals surface area contributed by atoms with E-state index in [4.69, 9.17) is 5.73 Å². The number of piperazine rings is 1. The molecule has 1 aliphatic heterocycles. The topological polar surface area (TPSA) is 32.5 Å². The Labute approximate surface area is 122 Å². The lowest BCUT2D eigenvalue weighted by molar-refractivity contribution is -0.138. The second-order valence-electron chi connectivity index (χ2n) is 5.80. The number of hydrogen-bond donors (Lipinski definition) is 1. The molecular formula is C15H20F3N3. The van der Waals surface area contributed by atoms with Crippen LogP contribution >= 0.6 is 0 Å². The fraction of sp³-hybridized carbons (Fsp3) is 0.600. The highest BCUT2D eigenvalue weighted by molar-refractivity contribution is 5.52. The molecule has 1 aliphatic carbocycles. The van der Waals surface area contributed by atoms with E-state index in [0.29, 0.717) is 5.69 Å². The summed E-state index contributed by atoms with van der Waals surface area (Å²) < 4.78 is 39.2. The van der Waals surface area contributed by atoms with Gasteiger partial charge in [-0.1, -0.05) is 6.07 Å². The SMILES string of the molecule is NCc1ccc(N2CCN(C3CC3)CC2)cc1C(F)(F)F. The van der Waals surface area contributed by atoms with Crippen molar-refractivity contribution in [1.29, 1.82) is 0 Å². The van der Waals surface area contributed by atoms with Crippen LogP contribution in [0, 0.1) is 0 Å². The van der Waals surface area contributed by atoms with Crippen LogP contribution in [0.5, 0.6) is 0 Å². The lowest BCUT2D eigenvalue weighted by Gasteiger charge is -2.36. The molecule has 6 heteroatoms. The van der Waals surface area contributed by atoms with E-state index in [1.54, 1.807) is 6.07 Å². The maximum Gasteiger partial charge on any atom is 0.416 e. The van der Waals surface area contributed by atoms with Crippen molar-refractivity contribution < 1.29 is 13.2 Å². The molecule has 0 aromatic heterocycles. The van der Waals surface area contributed by atoms with Crippen molar-refractivity contribution in [2.75, 3.05) is 31.1 Å². The van der Waals surface area contributed by atoms with Gasteiger partial charge in [-0.25, -0.2) is 0 Å². The van der Waals surface area contributed by atoms with Gasteiger partial charge >= 0.3 is 6.18 Å². The number of nitrogens with zero attached hydrogens (tertiary/aromatic N) is 2. The summed E-state index contributed by atoms with van der Waals surface area (Å²) in [4.78, 5) is 4.48. The van der Waals surface area contributed by atoms with Crippen molar-refractivity contribution in [3.05, 3.63) is 29.3 Å². The Morgan fingerprint density at radius 3 is 2.29 bits per heavy atom. The van der Waals surface area contributed by atoms with E-state index >= 15 is 0 Å². The number of rotatable bonds is 3. The second kappa shape index (κ2) is 5.50. The third-order valence-corrected chi connectivity index (χ3v) is 4.36. The zero-order valence-corrected chi connectivity index (χ0v) is 11.9. The third-order valence-electron chi connectivity index (χ3n) is 4.36. The molecule has 0 unspecified atom stereocenters. The number of anilines is 1. The lowest BCUT2D eigenvalue weighted by atomic mass is 10.1. The molecule has 0 amide bonds. The number of alkyl halides is 3. The van der Waals surface area contributed by atoms with Crippen molar-refractivity contribution in [2.45, 2.75) is 31.6 Å². The van der Waals surface area contributed by atoms with Crippen LogP contribution in [0.3, 0.4) is 0 Å². The van der Waals surface area contributed by atoms with Crippen LogP contribution in [0.2, 0.25) is 0 Å². The molecule has 1 aromatic rings. The Bertz CT molecular complexity index is 503. The minimum Gasteiger partial charge on any atom is -0.369 e. The van der Waals surface area contributed by atoms with Crippen LogP contribution < -0.4 is 10.6 Å². The average molecular weight is 299 g/mol. The molecule has 0 spiro atoms. The first kappa shape index (κ1) is 14.7.